The molecule has 16 heteroatoms. The molecule has 2 fully saturated rings. The topological polar surface area (TPSA) is 127 Å². The first kappa shape index (κ1) is 32.7. The summed E-state index contributed by atoms with van der Waals surface area (Å²) in [6.45, 7) is 2.98. The number of benzene rings is 1. The van der Waals surface area contributed by atoms with Gasteiger partial charge in [-0.1, -0.05) is 11.6 Å². The minimum Gasteiger partial charge on any atom is -0.397 e. The third kappa shape index (κ3) is 7.20. The fourth-order valence-corrected chi connectivity index (χ4v) is 7.40. The number of piperazine rings is 1. The van der Waals surface area contributed by atoms with Gasteiger partial charge in [0.25, 0.3) is 0 Å². The lowest BCUT2D eigenvalue weighted by Gasteiger charge is -2.40. The largest absolute Gasteiger partial charge is 0.418 e. The highest BCUT2D eigenvalue weighted by Crippen LogP contribution is 2.38. The van der Waals surface area contributed by atoms with Crippen LogP contribution in [0, 0.1) is 0 Å². The monoisotopic (exact) mass is 690 g/mol. The van der Waals surface area contributed by atoms with Gasteiger partial charge in [0.05, 0.1) is 28.5 Å². The minimum absolute atomic E-state index is 0.0684. The molecular formula is C31H34ClF3N8O3S. The molecule has 3 aromatic rings. The Labute approximate surface area is 278 Å². The second-order valence-corrected chi connectivity index (χ2v) is 13.2. The van der Waals surface area contributed by atoms with Crippen molar-refractivity contribution in [3.8, 4) is 0 Å². The molecule has 1 atom stereocenters. The number of amides is 5. The predicted molar refractivity (Wildman–Crippen MR) is 173 cm³/mol. The number of anilines is 3. The number of aromatic nitrogens is 1. The van der Waals surface area contributed by atoms with Crippen molar-refractivity contribution in [2.45, 2.75) is 44.1 Å². The molecule has 2 aromatic heterocycles. The molecular weight excluding hydrogens is 657 g/mol. The number of rotatable bonds is 6. The summed E-state index contributed by atoms with van der Waals surface area (Å²) in [5.74, 6) is -0.402. The van der Waals surface area contributed by atoms with Gasteiger partial charge in [0.2, 0.25) is 5.91 Å². The van der Waals surface area contributed by atoms with Crippen LogP contribution < -0.4 is 21.3 Å². The van der Waals surface area contributed by atoms with Crippen LogP contribution in [-0.4, -0.2) is 89.0 Å². The number of hydrogen-bond donors (Lipinski definition) is 3. The van der Waals surface area contributed by atoms with Crippen LogP contribution in [-0.2, 0) is 23.9 Å². The first-order valence-electron chi connectivity index (χ1n) is 15.3. The van der Waals surface area contributed by atoms with E-state index in [0.29, 0.717) is 58.7 Å². The number of likely N-dealkylation sites (tertiary alicyclic amines) is 1. The molecule has 5 amide bonds. The van der Waals surface area contributed by atoms with E-state index < -0.39 is 35.4 Å². The van der Waals surface area contributed by atoms with E-state index >= 15 is 0 Å². The maximum absolute atomic E-state index is 13.9. The van der Waals surface area contributed by atoms with Crippen LogP contribution in [0.25, 0.3) is 0 Å². The number of thiophene rings is 1. The van der Waals surface area contributed by atoms with Crippen molar-refractivity contribution in [3.05, 3.63) is 69.1 Å². The van der Waals surface area contributed by atoms with Crippen molar-refractivity contribution < 1.29 is 27.6 Å². The van der Waals surface area contributed by atoms with Crippen molar-refractivity contribution in [1.29, 1.82) is 0 Å². The molecule has 11 nitrogen and oxygen atoms in total. The summed E-state index contributed by atoms with van der Waals surface area (Å²) in [7, 11) is 0. The van der Waals surface area contributed by atoms with Gasteiger partial charge in [-0.05, 0) is 54.1 Å². The number of piperidine rings is 1. The van der Waals surface area contributed by atoms with Gasteiger partial charge < -0.3 is 36.0 Å². The van der Waals surface area contributed by atoms with E-state index in [1.54, 1.807) is 38.4 Å². The van der Waals surface area contributed by atoms with Gasteiger partial charge >= 0.3 is 18.2 Å². The average molecular weight is 691 g/mol. The summed E-state index contributed by atoms with van der Waals surface area (Å²) >= 11 is 7.67. The molecule has 6 rings (SSSR count). The van der Waals surface area contributed by atoms with E-state index in [2.05, 4.69) is 20.5 Å². The van der Waals surface area contributed by atoms with Crippen molar-refractivity contribution >= 4 is 58.0 Å². The Morgan fingerprint density at radius 2 is 1.77 bits per heavy atom. The van der Waals surface area contributed by atoms with Crippen molar-refractivity contribution in [2.24, 2.45) is 0 Å². The molecule has 4 N–H and O–H groups in total. The average Bonchev–Trinajstić information content (AvgIpc) is 3.52. The number of carbonyl (C=O) groups excluding carboxylic acids is 3. The normalized spacial score (nSPS) is 18.1. The first-order valence-corrected chi connectivity index (χ1v) is 16.5. The van der Waals surface area contributed by atoms with Crippen LogP contribution in [0.15, 0.2) is 48.1 Å². The first-order chi connectivity index (χ1) is 22.5. The summed E-state index contributed by atoms with van der Waals surface area (Å²) in [5.41, 5.74) is 5.86. The summed E-state index contributed by atoms with van der Waals surface area (Å²) in [6, 6.07) is 5.92. The predicted octanol–water partition coefficient (Wildman–Crippen LogP) is 4.88. The van der Waals surface area contributed by atoms with E-state index in [1.807, 2.05) is 23.6 Å². The molecule has 0 saturated carbocycles. The third-order valence-electron chi connectivity index (χ3n) is 8.90. The molecule has 0 radical (unpaired) electrons. The van der Waals surface area contributed by atoms with E-state index in [4.69, 9.17) is 17.3 Å². The number of alkyl halides is 3. The van der Waals surface area contributed by atoms with Gasteiger partial charge in [-0.15, -0.1) is 11.3 Å². The standard InChI is InChI=1S/C31H34ClF3N8O3S/c32-23-16-19(15-22(27(23)36)31(33,34)35)17-25(28(44)41-12-10-40(11-13-41)20-1-6-37-7-2-20)39-29(45)42-8-3-21(4-9-42)43-18-26-24(5-14-47-26)38-30(43)46/h1-2,5-7,14-16,21,25H,3-4,8-13,17-18,36H2,(H,38,46)(H,39,45). The van der Waals surface area contributed by atoms with Crippen molar-refractivity contribution in [2.75, 3.05) is 55.2 Å². The van der Waals surface area contributed by atoms with Gasteiger partial charge in [-0.25, -0.2) is 9.59 Å². The van der Waals surface area contributed by atoms with Gasteiger partial charge in [0.15, 0.2) is 0 Å². The smallest absolute Gasteiger partial charge is 0.397 e. The van der Waals surface area contributed by atoms with Crippen LogP contribution in [0.1, 0.15) is 28.8 Å². The molecule has 1 unspecified atom stereocenters. The lowest BCUT2D eigenvalue weighted by atomic mass is 10.00. The molecule has 250 valence electrons. The number of halogens is 4. The van der Waals surface area contributed by atoms with Gasteiger partial charge in [-0.3, -0.25) is 9.78 Å². The quantitative estimate of drug-likeness (QED) is 0.317. The lowest BCUT2D eigenvalue weighted by molar-refractivity contribution is -0.137. The lowest BCUT2D eigenvalue weighted by Crippen LogP contribution is -2.58. The van der Waals surface area contributed by atoms with E-state index in [-0.39, 0.29) is 29.1 Å². The van der Waals surface area contributed by atoms with Crippen LogP contribution >= 0.6 is 22.9 Å². The Bertz CT molecular complexity index is 1630. The fourth-order valence-electron chi connectivity index (χ4n) is 6.33. The zero-order valence-corrected chi connectivity index (χ0v) is 26.9. The minimum atomic E-state index is -4.75. The Morgan fingerprint density at radius 3 is 2.45 bits per heavy atom. The number of nitrogens with one attached hydrogen (secondary N) is 2. The molecule has 0 spiro atoms. The van der Waals surface area contributed by atoms with Crippen LogP contribution in [0.2, 0.25) is 5.02 Å². The maximum Gasteiger partial charge on any atom is 0.418 e. The Hall–Kier alpha value is -4.24. The molecule has 3 aliphatic heterocycles. The zero-order valence-electron chi connectivity index (χ0n) is 25.3. The SMILES string of the molecule is Nc1c(Cl)cc(CC(NC(=O)N2CCC(N3Cc4sccc4NC3=O)CC2)C(=O)N2CCN(c3ccncc3)CC2)cc1C(F)(F)F. The molecule has 2 saturated heterocycles. The third-order valence-corrected chi connectivity index (χ3v) is 10.1. The summed E-state index contributed by atoms with van der Waals surface area (Å²) in [5, 5.41) is 7.37. The van der Waals surface area contributed by atoms with Crippen LogP contribution in [0.4, 0.5) is 39.8 Å². The second-order valence-electron chi connectivity index (χ2n) is 11.8. The van der Waals surface area contributed by atoms with Gasteiger partial charge in [0.1, 0.15) is 6.04 Å². The van der Waals surface area contributed by atoms with Gasteiger partial charge in [0, 0.05) is 74.7 Å². The number of nitrogen functional groups attached to an aromatic ring is 1. The fraction of sp³-hybridized carbons (Fsp3) is 0.419. The molecule has 3 aliphatic rings. The van der Waals surface area contributed by atoms with E-state index in [9.17, 15) is 27.6 Å². The summed E-state index contributed by atoms with van der Waals surface area (Å²) in [6.07, 6.45) is -0.509. The number of nitrogens with zero attached hydrogens (tertiary/aromatic N) is 5. The van der Waals surface area contributed by atoms with Crippen LogP contribution in [0.5, 0.6) is 0 Å². The number of pyridine rings is 1. The van der Waals surface area contributed by atoms with Gasteiger partial charge in [-0.2, -0.15) is 13.2 Å². The summed E-state index contributed by atoms with van der Waals surface area (Å²) in [4.78, 5) is 52.4. The Kier molecular flexibility index (Phi) is 9.37. The highest BCUT2D eigenvalue weighted by Gasteiger charge is 2.37. The zero-order chi connectivity index (χ0) is 33.3. The molecule has 47 heavy (non-hydrogen) atoms. The highest BCUT2D eigenvalue weighted by molar-refractivity contribution is 7.10. The van der Waals surface area contributed by atoms with E-state index in [0.717, 1.165) is 22.3 Å². The van der Waals surface area contributed by atoms with Crippen LogP contribution in [0.3, 0.4) is 0 Å². The van der Waals surface area contributed by atoms with Crippen molar-refractivity contribution in [1.82, 2.24) is 25.0 Å². The Balaban J connectivity index is 1.15. The number of fused-ring (bicyclic) bond motifs is 1. The highest BCUT2D eigenvalue weighted by atomic mass is 35.5. The molecule has 5 heterocycles. The van der Waals surface area contributed by atoms with Crippen molar-refractivity contribution in [3.63, 3.8) is 0 Å². The summed E-state index contributed by atoms with van der Waals surface area (Å²) < 4.78 is 41.2. The second kappa shape index (κ2) is 13.5. The number of hydrogen-bond acceptors (Lipinski definition) is 7. The Morgan fingerprint density at radius 1 is 1.06 bits per heavy atom. The number of carbonyl (C=O) groups is 3. The van der Waals surface area contributed by atoms with E-state index in [1.165, 1.54) is 6.07 Å². The number of nitrogens with two attached hydrogens (primary N) is 1. The molecule has 0 aliphatic carbocycles. The molecule has 1 aromatic carbocycles. The number of urea groups is 2. The molecule has 0 bridgehead atoms. The maximum atomic E-state index is 13.9.